The second-order valence-corrected chi connectivity index (χ2v) is 5.38. The molecule has 0 N–H and O–H groups in total. The number of hydrogen-bond acceptors (Lipinski definition) is 5. The molecule has 1 fully saturated rings. The van der Waals surface area contributed by atoms with Crippen molar-refractivity contribution in [3.8, 4) is 5.88 Å². The zero-order chi connectivity index (χ0) is 16.2. The van der Waals surface area contributed by atoms with Crippen LogP contribution in [0.5, 0.6) is 5.88 Å². The second-order valence-electron chi connectivity index (χ2n) is 5.38. The van der Waals surface area contributed by atoms with Crippen molar-refractivity contribution < 1.29 is 9.53 Å². The van der Waals surface area contributed by atoms with Gasteiger partial charge in [0, 0.05) is 38.3 Å². The van der Waals surface area contributed by atoms with Gasteiger partial charge in [-0.25, -0.2) is 0 Å². The van der Waals surface area contributed by atoms with Gasteiger partial charge in [0.1, 0.15) is 5.82 Å². The summed E-state index contributed by atoms with van der Waals surface area (Å²) in [5, 5.41) is 4.33. The van der Waals surface area contributed by atoms with E-state index in [0.29, 0.717) is 19.0 Å². The topological polar surface area (TPSA) is 63.0 Å². The van der Waals surface area contributed by atoms with Crippen LogP contribution >= 0.6 is 0 Å². The highest BCUT2D eigenvalue weighted by Gasteiger charge is 2.22. The third-order valence-electron chi connectivity index (χ3n) is 3.94. The van der Waals surface area contributed by atoms with E-state index in [1.807, 2.05) is 30.0 Å². The Morgan fingerprint density at radius 1 is 1.35 bits per heavy atom. The van der Waals surface area contributed by atoms with Gasteiger partial charge in [-0.15, -0.1) is 0 Å². The van der Waals surface area contributed by atoms with E-state index in [-0.39, 0.29) is 5.91 Å². The number of piperazine rings is 1. The van der Waals surface area contributed by atoms with Gasteiger partial charge in [0.05, 0.1) is 13.3 Å². The maximum absolute atomic E-state index is 12.0. The van der Waals surface area contributed by atoms with E-state index in [0.717, 1.165) is 31.0 Å². The fourth-order valence-corrected chi connectivity index (χ4v) is 2.68. The van der Waals surface area contributed by atoms with E-state index in [1.54, 1.807) is 23.9 Å². The van der Waals surface area contributed by atoms with Crippen LogP contribution in [0.2, 0.25) is 0 Å². The summed E-state index contributed by atoms with van der Waals surface area (Å²) in [5.41, 5.74) is 0.753. The van der Waals surface area contributed by atoms with Crippen LogP contribution in [-0.2, 0) is 4.79 Å². The molecule has 23 heavy (non-hydrogen) atoms. The monoisotopic (exact) mass is 315 g/mol. The summed E-state index contributed by atoms with van der Waals surface area (Å²) in [6.45, 7) is 4.93. The Bertz CT molecular complexity index is 716. The standard InChI is InChI=1S/C16H21N5O2/c1-3-4-5-16(22)20-10-8-19(9-11-20)15-12-14(23-2)18-13-6-7-17-21(13)15/h4-7,12H,3,8-11H2,1-2H3. The molecule has 1 amide bonds. The number of amides is 1. The highest BCUT2D eigenvalue weighted by atomic mass is 16.5. The molecule has 0 unspecified atom stereocenters. The van der Waals surface area contributed by atoms with E-state index < -0.39 is 0 Å². The summed E-state index contributed by atoms with van der Waals surface area (Å²) < 4.78 is 7.08. The normalized spacial score (nSPS) is 15.6. The van der Waals surface area contributed by atoms with Crippen molar-refractivity contribution in [3.05, 3.63) is 30.5 Å². The van der Waals surface area contributed by atoms with Crippen LogP contribution in [0.25, 0.3) is 5.65 Å². The van der Waals surface area contributed by atoms with Crippen LogP contribution in [0.15, 0.2) is 30.5 Å². The zero-order valence-electron chi connectivity index (χ0n) is 13.5. The zero-order valence-corrected chi connectivity index (χ0v) is 13.5. The molecule has 7 heteroatoms. The molecule has 122 valence electrons. The Balaban J connectivity index is 1.76. The number of allylic oxidation sites excluding steroid dienone is 1. The molecule has 0 aliphatic carbocycles. The SMILES string of the molecule is CCC=CC(=O)N1CCN(c2cc(OC)nc3ccnn23)CC1. The number of nitrogens with zero attached hydrogens (tertiary/aromatic N) is 5. The molecule has 0 saturated carbocycles. The van der Waals surface area contributed by atoms with Crippen LogP contribution in [-0.4, -0.2) is 58.7 Å². The maximum Gasteiger partial charge on any atom is 0.246 e. The smallest absolute Gasteiger partial charge is 0.246 e. The van der Waals surface area contributed by atoms with Gasteiger partial charge in [-0.3, -0.25) is 4.79 Å². The van der Waals surface area contributed by atoms with Gasteiger partial charge >= 0.3 is 0 Å². The molecule has 1 aliphatic heterocycles. The number of rotatable bonds is 4. The minimum atomic E-state index is 0.0862. The fraction of sp³-hybridized carbons (Fsp3) is 0.438. The predicted octanol–water partition coefficient (Wildman–Crippen LogP) is 1.35. The number of ether oxygens (including phenoxy) is 1. The highest BCUT2D eigenvalue weighted by Crippen LogP contribution is 2.22. The quantitative estimate of drug-likeness (QED) is 0.797. The number of methoxy groups -OCH3 is 1. The fourth-order valence-electron chi connectivity index (χ4n) is 2.68. The molecule has 1 saturated heterocycles. The van der Waals surface area contributed by atoms with Crippen LogP contribution in [0.3, 0.4) is 0 Å². The van der Waals surface area contributed by atoms with Crippen molar-refractivity contribution in [2.24, 2.45) is 0 Å². The van der Waals surface area contributed by atoms with Gasteiger partial charge in [-0.1, -0.05) is 13.0 Å². The van der Waals surface area contributed by atoms with Crippen molar-refractivity contribution >= 4 is 17.4 Å². The molecule has 0 atom stereocenters. The molecular weight excluding hydrogens is 294 g/mol. The van der Waals surface area contributed by atoms with E-state index in [4.69, 9.17) is 4.74 Å². The lowest BCUT2D eigenvalue weighted by Crippen LogP contribution is -2.48. The molecular formula is C16H21N5O2. The second kappa shape index (κ2) is 6.68. The molecule has 0 radical (unpaired) electrons. The number of aromatic nitrogens is 3. The van der Waals surface area contributed by atoms with Crippen molar-refractivity contribution in [1.82, 2.24) is 19.5 Å². The lowest BCUT2D eigenvalue weighted by Gasteiger charge is -2.35. The lowest BCUT2D eigenvalue weighted by atomic mass is 10.3. The van der Waals surface area contributed by atoms with E-state index in [9.17, 15) is 4.79 Å². The first-order valence-corrected chi connectivity index (χ1v) is 7.82. The molecule has 3 heterocycles. The lowest BCUT2D eigenvalue weighted by molar-refractivity contribution is -0.126. The van der Waals surface area contributed by atoms with Crippen molar-refractivity contribution in [1.29, 1.82) is 0 Å². The summed E-state index contributed by atoms with van der Waals surface area (Å²) in [7, 11) is 1.61. The van der Waals surface area contributed by atoms with Crippen molar-refractivity contribution in [2.45, 2.75) is 13.3 Å². The number of anilines is 1. The summed E-state index contributed by atoms with van der Waals surface area (Å²) in [4.78, 5) is 20.5. The maximum atomic E-state index is 12.0. The van der Waals surface area contributed by atoms with Crippen LogP contribution in [0, 0.1) is 0 Å². The van der Waals surface area contributed by atoms with Gasteiger partial charge in [0.2, 0.25) is 11.8 Å². The van der Waals surface area contributed by atoms with Crippen LogP contribution in [0.4, 0.5) is 5.82 Å². The number of carbonyl (C=O) groups is 1. The Kier molecular flexibility index (Phi) is 4.45. The Labute approximate surface area is 135 Å². The minimum Gasteiger partial charge on any atom is -0.481 e. The number of fused-ring (bicyclic) bond motifs is 1. The number of carbonyl (C=O) groups excluding carboxylic acids is 1. The summed E-state index contributed by atoms with van der Waals surface area (Å²) in [5.74, 6) is 1.59. The minimum absolute atomic E-state index is 0.0862. The molecule has 2 aromatic rings. The van der Waals surface area contributed by atoms with Crippen LogP contribution in [0.1, 0.15) is 13.3 Å². The predicted molar refractivity (Wildman–Crippen MR) is 87.8 cm³/mol. The van der Waals surface area contributed by atoms with Gasteiger partial charge in [-0.2, -0.15) is 14.6 Å². The van der Waals surface area contributed by atoms with Crippen LogP contribution < -0.4 is 9.64 Å². The Morgan fingerprint density at radius 2 is 2.13 bits per heavy atom. The molecule has 2 aromatic heterocycles. The summed E-state index contributed by atoms with van der Waals surface area (Å²) >= 11 is 0. The third-order valence-corrected chi connectivity index (χ3v) is 3.94. The van der Waals surface area contributed by atoms with Gasteiger partial charge in [0.25, 0.3) is 0 Å². The van der Waals surface area contributed by atoms with Gasteiger partial charge < -0.3 is 14.5 Å². The van der Waals surface area contributed by atoms with E-state index >= 15 is 0 Å². The van der Waals surface area contributed by atoms with Crippen molar-refractivity contribution in [3.63, 3.8) is 0 Å². The molecule has 3 rings (SSSR count). The Hall–Kier alpha value is -2.57. The first-order chi connectivity index (χ1) is 11.2. The third kappa shape index (κ3) is 3.13. The van der Waals surface area contributed by atoms with E-state index in [1.165, 1.54) is 0 Å². The molecule has 0 spiro atoms. The molecule has 0 bridgehead atoms. The molecule has 7 nitrogen and oxygen atoms in total. The largest absolute Gasteiger partial charge is 0.481 e. The first kappa shape index (κ1) is 15.3. The van der Waals surface area contributed by atoms with Gasteiger partial charge in [0.15, 0.2) is 5.65 Å². The van der Waals surface area contributed by atoms with E-state index in [2.05, 4.69) is 15.0 Å². The van der Waals surface area contributed by atoms with Gasteiger partial charge in [-0.05, 0) is 12.5 Å². The molecule has 0 aromatic carbocycles. The average molecular weight is 315 g/mol. The number of hydrogen-bond donors (Lipinski definition) is 0. The molecule has 1 aliphatic rings. The summed E-state index contributed by atoms with van der Waals surface area (Å²) in [6.07, 6.45) is 6.16. The highest BCUT2D eigenvalue weighted by molar-refractivity contribution is 5.87. The first-order valence-electron chi connectivity index (χ1n) is 7.82. The Morgan fingerprint density at radius 3 is 2.83 bits per heavy atom. The van der Waals surface area contributed by atoms with Crippen molar-refractivity contribution in [2.75, 3.05) is 38.2 Å². The average Bonchev–Trinajstić information content (AvgIpc) is 3.07. The summed E-state index contributed by atoms with van der Waals surface area (Å²) in [6, 6.07) is 3.73.